The molecular weight excluding hydrogens is 470 g/mol. The molecule has 1 unspecified atom stereocenters. The number of ether oxygens (including phenoxy) is 3. The Balaban J connectivity index is 1.47. The van der Waals surface area contributed by atoms with E-state index in [1.165, 1.54) is 0 Å². The van der Waals surface area contributed by atoms with Gasteiger partial charge in [-0.05, 0) is 49.2 Å². The molecule has 186 valence electrons. The van der Waals surface area contributed by atoms with Crippen LogP contribution in [0.15, 0.2) is 78.0 Å². The second kappa shape index (κ2) is 9.02. The summed E-state index contributed by atoms with van der Waals surface area (Å²) in [5.41, 5.74) is 4.55. The Bertz CT molecular complexity index is 1560. The molecule has 3 heterocycles. The van der Waals surface area contributed by atoms with Crippen LogP contribution in [0.4, 0.5) is 11.6 Å². The van der Waals surface area contributed by atoms with Gasteiger partial charge in [-0.1, -0.05) is 42.5 Å². The van der Waals surface area contributed by atoms with Crippen LogP contribution >= 0.6 is 0 Å². The van der Waals surface area contributed by atoms with E-state index in [1.807, 2.05) is 68.4 Å². The van der Waals surface area contributed by atoms with Gasteiger partial charge in [-0.15, -0.1) is 5.10 Å². The minimum absolute atomic E-state index is 0.160. The first-order chi connectivity index (χ1) is 18.0. The second-order valence-corrected chi connectivity index (χ2v) is 8.85. The zero-order chi connectivity index (χ0) is 25.5. The summed E-state index contributed by atoms with van der Waals surface area (Å²) < 4.78 is 18.3. The number of para-hydroxylation sites is 2. The van der Waals surface area contributed by atoms with Crippen molar-refractivity contribution >= 4 is 17.5 Å². The van der Waals surface area contributed by atoms with E-state index in [0.717, 1.165) is 16.7 Å². The number of allylic oxidation sites excluding steroid dienone is 1. The summed E-state index contributed by atoms with van der Waals surface area (Å²) in [4.78, 5) is 18.6. The van der Waals surface area contributed by atoms with E-state index in [4.69, 9.17) is 24.3 Å². The third-order valence-corrected chi connectivity index (χ3v) is 6.55. The van der Waals surface area contributed by atoms with Crippen LogP contribution in [0, 0.1) is 6.92 Å². The molecule has 0 fully saturated rings. The van der Waals surface area contributed by atoms with Crippen molar-refractivity contribution in [2.24, 2.45) is 0 Å². The molecule has 0 radical (unpaired) electrons. The van der Waals surface area contributed by atoms with Crippen molar-refractivity contribution < 1.29 is 19.0 Å². The number of carbonyl (C=O) groups is 1. The quantitative estimate of drug-likeness (QED) is 0.405. The number of methoxy groups -OCH3 is 1. The minimum Gasteiger partial charge on any atom is -0.495 e. The SMILES string of the molecule is COc1ccccc1NC(=O)C1=C(C)Nc2nc(-c3ccccc3C)nn2C1c1ccc2c(c1)OCO2. The number of fused-ring (bicyclic) bond motifs is 2. The number of aryl methyl sites for hydroxylation is 1. The zero-order valence-electron chi connectivity index (χ0n) is 20.6. The van der Waals surface area contributed by atoms with Gasteiger partial charge in [-0.3, -0.25) is 4.79 Å². The number of aromatic nitrogens is 3. The highest BCUT2D eigenvalue weighted by Crippen LogP contribution is 2.41. The second-order valence-electron chi connectivity index (χ2n) is 8.85. The first kappa shape index (κ1) is 22.7. The van der Waals surface area contributed by atoms with E-state index in [1.54, 1.807) is 23.9 Å². The van der Waals surface area contributed by atoms with Crippen LogP contribution in [0.25, 0.3) is 11.4 Å². The Morgan fingerprint density at radius 1 is 1.05 bits per heavy atom. The van der Waals surface area contributed by atoms with E-state index < -0.39 is 6.04 Å². The van der Waals surface area contributed by atoms with E-state index >= 15 is 0 Å². The molecule has 37 heavy (non-hydrogen) atoms. The van der Waals surface area contributed by atoms with Crippen LogP contribution in [0.2, 0.25) is 0 Å². The molecule has 9 nitrogen and oxygen atoms in total. The van der Waals surface area contributed by atoms with Gasteiger partial charge >= 0.3 is 0 Å². The van der Waals surface area contributed by atoms with Crippen molar-refractivity contribution in [1.82, 2.24) is 14.8 Å². The largest absolute Gasteiger partial charge is 0.495 e. The van der Waals surface area contributed by atoms with Crippen molar-refractivity contribution in [3.63, 3.8) is 0 Å². The Morgan fingerprint density at radius 3 is 2.68 bits per heavy atom. The van der Waals surface area contributed by atoms with Gasteiger partial charge in [0.1, 0.15) is 11.8 Å². The lowest BCUT2D eigenvalue weighted by molar-refractivity contribution is -0.113. The fourth-order valence-electron chi connectivity index (χ4n) is 4.71. The van der Waals surface area contributed by atoms with Crippen LogP contribution in [0.3, 0.4) is 0 Å². The maximum atomic E-state index is 13.8. The van der Waals surface area contributed by atoms with E-state index in [9.17, 15) is 4.79 Å². The first-order valence-corrected chi connectivity index (χ1v) is 11.9. The van der Waals surface area contributed by atoms with Gasteiger partial charge < -0.3 is 24.8 Å². The molecule has 4 aromatic rings. The lowest BCUT2D eigenvalue weighted by Crippen LogP contribution is -2.31. The molecule has 3 aromatic carbocycles. The van der Waals surface area contributed by atoms with Crippen LogP contribution in [-0.2, 0) is 4.79 Å². The number of nitrogens with zero attached hydrogens (tertiary/aromatic N) is 3. The normalized spacial score (nSPS) is 15.7. The van der Waals surface area contributed by atoms with Crippen molar-refractivity contribution in [3.8, 4) is 28.6 Å². The van der Waals surface area contributed by atoms with Crippen molar-refractivity contribution in [2.45, 2.75) is 19.9 Å². The Morgan fingerprint density at radius 2 is 1.84 bits per heavy atom. The van der Waals surface area contributed by atoms with E-state index in [0.29, 0.717) is 46.0 Å². The summed E-state index contributed by atoms with van der Waals surface area (Å²) >= 11 is 0. The average molecular weight is 496 g/mol. The van der Waals surface area contributed by atoms with Gasteiger partial charge in [0.05, 0.1) is 18.4 Å². The average Bonchev–Trinajstić information content (AvgIpc) is 3.54. The molecule has 1 atom stereocenters. The van der Waals surface area contributed by atoms with Crippen molar-refractivity contribution in [3.05, 3.63) is 89.1 Å². The standard InChI is InChI=1S/C28H25N5O4/c1-16-8-4-5-9-19(16)26-31-28-29-17(2)24(27(34)30-20-10-6-7-11-21(20)35-3)25(33(28)32-26)18-12-13-22-23(14-18)37-15-36-22/h4-14,25H,15H2,1-3H3,(H,30,34)(H,29,31,32). The van der Waals surface area contributed by atoms with Gasteiger partial charge in [-0.2, -0.15) is 4.98 Å². The van der Waals surface area contributed by atoms with Crippen LogP contribution in [0.5, 0.6) is 17.2 Å². The molecule has 0 aliphatic carbocycles. The lowest BCUT2D eigenvalue weighted by Gasteiger charge is -2.29. The molecule has 0 saturated carbocycles. The zero-order valence-corrected chi connectivity index (χ0v) is 20.6. The fourth-order valence-corrected chi connectivity index (χ4v) is 4.71. The summed E-state index contributed by atoms with van der Waals surface area (Å²) in [5.74, 6) is 2.70. The minimum atomic E-state index is -0.564. The van der Waals surface area contributed by atoms with Gasteiger partial charge in [0.15, 0.2) is 17.3 Å². The highest BCUT2D eigenvalue weighted by atomic mass is 16.7. The predicted molar refractivity (Wildman–Crippen MR) is 139 cm³/mol. The number of hydrogen-bond donors (Lipinski definition) is 2. The number of hydrogen-bond acceptors (Lipinski definition) is 7. The topological polar surface area (TPSA) is 99.5 Å². The number of amides is 1. The molecule has 1 aromatic heterocycles. The predicted octanol–water partition coefficient (Wildman–Crippen LogP) is 4.92. The third kappa shape index (κ3) is 3.94. The van der Waals surface area contributed by atoms with Crippen molar-refractivity contribution in [1.29, 1.82) is 0 Å². The van der Waals surface area contributed by atoms with Crippen LogP contribution < -0.4 is 24.8 Å². The van der Waals surface area contributed by atoms with Crippen molar-refractivity contribution in [2.75, 3.05) is 24.5 Å². The summed E-state index contributed by atoms with van der Waals surface area (Å²) in [6, 6.07) is 20.3. The molecule has 0 spiro atoms. The molecule has 0 saturated heterocycles. The highest BCUT2D eigenvalue weighted by Gasteiger charge is 2.35. The molecule has 6 rings (SSSR count). The number of benzene rings is 3. The van der Waals surface area contributed by atoms with Gasteiger partial charge in [0.2, 0.25) is 12.7 Å². The van der Waals surface area contributed by atoms with Gasteiger partial charge in [-0.25, -0.2) is 4.68 Å². The van der Waals surface area contributed by atoms with Gasteiger partial charge in [0.25, 0.3) is 5.91 Å². The van der Waals surface area contributed by atoms with E-state index in [2.05, 4.69) is 10.6 Å². The lowest BCUT2D eigenvalue weighted by atomic mass is 9.94. The monoisotopic (exact) mass is 495 g/mol. The molecule has 9 heteroatoms. The van der Waals surface area contributed by atoms with E-state index in [-0.39, 0.29) is 12.7 Å². The summed E-state index contributed by atoms with van der Waals surface area (Å²) in [6.07, 6.45) is 0. The fraction of sp³-hybridized carbons (Fsp3) is 0.179. The third-order valence-electron chi connectivity index (χ3n) is 6.55. The van der Waals surface area contributed by atoms with Gasteiger partial charge in [0, 0.05) is 11.3 Å². The maximum absolute atomic E-state index is 13.8. The Labute approximate surface area is 213 Å². The molecule has 1 amide bonds. The number of anilines is 2. The number of carbonyl (C=O) groups excluding carboxylic acids is 1. The number of rotatable bonds is 5. The van der Waals surface area contributed by atoms with Crippen LogP contribution in [0.1, 0.15) is 24.1 Å². The van der Waals surface area contributed by atoms with Crippen LogP contribution in [-0.4, -0.2) is 34.6 Å². The summed E-state index contributed by atoms with van der Waals surface area (Å²) in [6.45, 7) is 4.05. The maximum Gasteiger partial charge on any atom is 0.255 e. The highest BCUT2D eigenvalue weighted by molar-refractivity contribution is 6.06. The number of nitrogens with one attached hydrogen (secondary N) is 2. The molecule has 2 aliphatic rings. The molecule has 0 bridgehead atoms. The Hall–Kier alpha value is -4.79. The summed E-state index contributed by atoms with van der Waals surface area (Å²) in [7, 11) is 1.57. The summed E-state index contributed by atoms with van der Waals surface area (Å²) in [5, 5.41) is 11.2. The smallest absolute Gasteiger partial charge is 0.255 e. The molecular formula is C28H25N5O4. The first-order valence-electron chi connectivity index (χ1n) is 11.9. The Kier molecular flexibility index (Phi) is 5.52. The molecule has 2 aliphatic heterocycles. The molecule has 2 N–H and O–H groups in total.